The molecule has 1 N–H and O–H groups in total. The Kier molecular flexibility index (Phi) is 7.72. The van der Waals surface area contributed by atoms with Crippen LogP contribution in [0.1, 0.15) is 33.3 Å². The average molecular weight is 490 g/mol. The Bertz CT molecular complexity index is 1320. The minimum absolute atomic E-state index is 0.0852. The van der Waals surface area contributed by atoms with Gasteiger partial charge in [-0.25, -0.2) is 14.4 Å². The minimum Gasteiger partial charge on any atom is -0.321 e. The second kappa shape index (κ2) is 11.1. The Morgan fingerprint density at radius 1 is 0.971 bits per heavy atom. The summed E-state index contributed by atoms with van der Waals surface area (Å²) in [6.07, 6.45) is 1.64. The molecular formula is C26H20FN3O2S2. The lowest BCUT2D eigenvalue weighted by Gasteiger charge is -2.11. The first-order chi connectivity index (χ1) is 16.5. The van der Waals surface area contributed by atoms with E-state index in [0.717, 1.165) is 10.5 Å². The number of halogens is 1. The van der Waals surface area contributed by atoms with Gasteiger partial charge in [0.25, 0.3) is 5.91 Å². The highest BCUT2D eigenvalue weighted by molar-refractivity contribution is 7.99. The number of carbonyl (C=O) groups is 2. The largest absolute Gasteiger partial charge is 0.321 e. The maximum absolute atomic E-state index is 13.2. The number of hydrogen-bond acceptors (Lipinski definition) is 6. The van der Waals surface area contributed by atoms with Gasteiger partial charge in [-0.3, -0.25) is 9.59 Å². The number of anilines is 1. The van der Waals surface area contributed by atoms with Crippen molar-refractivity contribution in [1.82, 2.24) is 9.97 Å². The van der Waals surface area contributed by atoms with E-state index >= 15 is 0 Å². The van der Waals surface area contributed by atoms with Gasteiger partial charge < -0.3 is 5.32 Å². The van der Waals surface area contributed by atoms with Gasteiger partial charge in [0.15, 0.2) is 10.9 Å². The van der Waals surface area contributed by atoms with Gasteiger partial charge in [-0.15, -0.1) is 0 Å². The number of nitrogens with one attached hydrogen (secondary N) is 1. The highest BCUT2D eigenvalue weighted by Gasteiger charge is 2.18. The van der Waals surface area contributed by atoms with E-state index in [0.29, 0.717) is 27.1 Å². The molecule has 34 heavy (non-hydrogen) atoms. The number of ketones is 1. The van der Waals surface area contributed by atoms with Gasteiger partial charge in [0, 0.05) is 28.1 Å². The van der Waals surface area contributed by atoms with Gasteiger partial charge in [0.05, 0.1) is 4.90 Å². The van der Waals surface area contributed by atoms with Crippen molar-refractivity contribution in [3.8, 4) is 0 Å². The predicted octanol–water partition coefficient (Wildman–Crippen LogP) is 6.51. The maximum Gasteiger partial charge on any atom is 0.275 e. The topological polar surface area (TPSA) is 72.0 Å². The Labute approximate surface area is 205 Å². The highest BCUT2D eigenvalue weighted by atomic mass is 32.2. The van der Waals surface area contributed by atoms with Crippen molar-refractivity contribution in [2.45, 2.75) is 27.6 Å². The molecule has 0 fully saturated rings. The summed E-state index contributed by atoms with van der Waals surface area (Å²) in [7, 11) is 0. The number of aromatic nitrogens is 2. The van der Waals surface area contributed by atoms with Crippen LogP contribution in [0.15, 0.2) is 100 Å². The van der Waals surface area contributed by atoms with E-state index < -0.39 is 5.91 Å². The first-order valence-corrected chi connectivity index (χ1v) is 12.2. The molecule has 0 saturated carbocycles. The molecule has 5 nitrogen and oxygen atoms in total. The second-order valence-electron chi connectivity index (χ2n) is 7.29. The van der Waals surface area contributed by atoms with Crippen molar-refractivity contribution in [1.29, 1.82) is 0 Å². The number of carbonyl (C=O) groups excluding carboxylic acids is 2. The quantitative estimate of drug-likeness (QED) is 0.173. The first-order valence-electron chi connectivity index (χ1n) is 10.4. The van der Waals surface area contributed by atoms with Crippen LogP contribution in [0.2, 0.25) is 0 Å². The summed E-state index contributed by atoms with van der Waals surface area (Å²) < 4.78 is 13.2. The lowest BCUT2D eigenvalue weighted by atomic mass is 10.1. The second-order valence-corrected chi connectivity index (χ2v) is 9.34. The molecule has 1 heterocycles. The fourth-order valence-electron chi connectivity index (χ4n) is 3.01. The van der Waals surface area contributed by atoms with Crippen LogP contribution >= 0.6 is 23.5 Å². The van der Waals surface area contributed by atoms with Crippen LogP contribution in [0.3, 0.4) is 0 Å². The highest BCUT2D eigenvalue weighted by Crippen LogP contribution is 2.31. The lowest BCUT2D eigenvalue weighted by molar-refractivity contribution is 0.100. The van der Waals surface area contributed by atoms with Crippen molar-refractivity contribution in [3.05, 3.63) is 108 Å². The van der Waals surface area contributed by atoms with E-state index in [4.69, 9.17) is 0 Å². The summed E-state index contributed by atoms with van der Waals surface area (Å²) in [5.74, 6) is -0.240. The molecular weight excluding hydrogens is 469 g/mol. The molecule has 8 heteroatoms. The molecule has 0 saturated heterocycles. The molecule has 170 valence electrons. The summed E-state index contributed by atoms with van der Waals surface area (Å²) in [6, 6.07) is 22.6. The number of benzene rings is 3. The summed E-state index contributed by atoms with van der Waals surface area (Å²) in [5.41, 5.74) is 2.17. The van der Waals surface area contributed by atoms with E-state index in [1.165, 1.54) is 42.6 Å². The van der Waals surface area contributed by atoms with Crippen molar-refractivity contribution in [2.75, 3.05) is 5.32 Å². The SMILES string of the molecule is CC(=O)c1cccc(NC(=O)c2nc(SCc3ccc(F)cc3)ncc2Sc2ccccc2)c1. The van der Waals surface area contributed by atoms with Crippen LogP contribution in [-0.2, 0) is 5.75 Å². The molecule has 1 amide bonds. The van der Waals surface area contributed by atoms with Gasteiger partial charge in [-0.1, -0.05) is 66.0 Å². The molecule has 0 atom stereocenters. The van der Waals surface area contributed by atoms with Crippen molar-refractivity contribution in [3.63, 3.8) is 0 Å². The summed E-state index contributed by atoms with van der Waals surface area (Å²) in [5, 5.41) is 3.28. The third-order valence-electron chi connectivity index (χ3n) is 4.73. The van der Waals surface area contributed by atoms with Crippen LogP contribution < -0.4 is 5.32 Å². The maximum atomic E-state index is 13.2. The predicted molar refractivity (Wildman–Crippen MR) is 133 cm³/mol. The molecule has 3 aromatic carbocycles. The molecule has 4 aromatic rings. The van der Waals surface area contributed by atoms with Crippen LogP contribution in [0, 0.1) is 5.82 Å². The zero-order valence-corrected chi connectivity index (χ0v) is 19.8. The Hall–Kier alpha value is -3.49. The fraction of sp³-hybridized carbons (Fsp3) is 0.0769. The van der Waals surface area contributed by atoms with Gasteiger partial charge in [-0.05, 0) is 48.9 Å². The molecule has 0 aliphatic heterocycles. The van der Waals surface area contributed by atoms with Crippen LogP contribution in [0.5, 0.6) is 0 Å². The molecule has 0 aliphatic rings. The van der Waals surface area contributed by atoms with Crippen LogP contribution in [-0.4, -0.2) is 21.7 Å². The van der Waals surface area contributed by atoms with Crippen molar-refractivity contribution < 1.29 is 14.0 Å². The number of rotatable bonds is 8. The standard InChI is InChI=1S/C26H20FN3O2S2/c1-17(31)19-6-5-7-21(14-19)29-25(32)24-23(34-22-8-3-2-4-9-22)15-28-26(30-24)33-16-18-10-12-20(27)13-11-18/h2-15H,16H2,1H3,(H,29,32). The molecule has 0 unspecified atom stereocenters. The monoisotopic (exact) mass is 489 g/mol. The number of hydrogen-bond donors (Lipinski definition) is 1. The van der Waals surface area contributed by atoms with E-state index in [-0.39, 0.29) is 17.3 Å². The number of Topliss-reactive ketones (excluding diaryl/α,β-unsaturated/α-hetero) is 1. The van der Waals surface area contributed by atoms with Crippen molar-refractivity contribution in [2.24, 2.45) is 0 Å². The number of thioether (sulfide) groups is 1. The fourth-order valence-corrected chi connectivity index (χ4v) is 4.67. The Morgan fingerprint density at radius 2 is 1.74 bits per heavy atom. The lowest BCUT2D eigenvalue weighted by Crippen LogP contribution is -2.16. The first kappa shape index (κ1) is 23.7. The smallest absolute Gasteiger partial charge is 0.275 e. The average Bonchev–Trinajstić information content (AvgIpc) is 2.85. The third-order valence-corrected chi connectivity index (χ3v) is 6.69. The summed E-state index contributed by atoms with van der Waals surface area (Å²) >= 11 is 2.76. The van der Waals surface area contributed by atoms with Gasteiger partial charge >= 0.3 is 0 Å². The minimum atomic E-state index is -0.398. The van der Waals surface area contributed by atoms with E-state index in [9.17, 15) is 14.0 Å². The van der Waals surface area contributed by atoms with Crippen molar-refractivity contribution >= 4 is 40.9 Å². The summed E-state index contributed by atoms with van der Waals surface area (Å²) in [4.78, 5) is 35.4. The molecule has 0 aliphatic carbocycles. The third kappa shape index (κ3) is 6.30. The normalized spacial score (nSPS) is 10.6. The van der Waals surface area contributed by atoms with Crippen LogP contribution in [0.4, 0.5) is 10.1 Å². The zero-order valence-electron chi connectivity index (χ0n) is 18.2. The zero-order chi connectivity index (χ0) is 23.9. The van der Waals surface area contributed by atoms with E-state index in [2.05, 4.69) is 15.3 Å². The van der Waals surface area contributed by atoms with Crippen LogP contribution in [0.25, 0.3) is 0 Å². The Morgan fingerprint density at radius 3 is 2.47 bits per heavy atom. The number of nitrogens with zero attached hydrogens (tertiary/aromatic N) is 2. The summed E-state index contributed by atoms with van der Waals surface area (Å²) in [6.45, 7) is 1.48. The van der Waals surface area contributed by atoms with Gasteiger partial charge in [-0.2, -0.15) is 0 Å². The molecule has 0 spiro atoms. The molecule has 0 bridgehead atoms. The Balaban J connectivity index is 1.60. The molecule has 4 rings (SSSR count). The van der Waals surface area contributed by atoms with Gasteiger partial charge in [0.2, 0.25) is 0 Å². The van der Waals surface area contributed by atoms with Gasteiger partial charge in [0.1, 0.15) is 11.5 Å². The van der Waals surface area contributed by atoms with E-state index in [1.54, 1.807) is 42.6 Å². The molecule has 1 aromatic heterocycles. The molecule has 0 radical (unpaired) electrons. The number of amides is 1. The van der Waals surface area contributed by atoms with E-state index in [1.807, 2.05) is 30.3 Å².